The van der Waals surface area contributed by atoms with Crippen LogP contribution in [-0.4, -0.2) is 45.3 Å². The van der Waals surface area contributed by atoms with Crippen LogP contribution in [0.3, 0.4) is 0 Å². The highest BCUT2D eigenvalue weighted by atomic mass is 32.2. The van der Waals surface area contributed by atoms with Crippen LogP contribution in [0.15, 0.2) is 33.7 Å². The molecule has 26 heavy (non-hydrogen) atoms. The highest BCUT2D eigenvalue weighted by Crippen LogP contribution is 2.26. The molecule has 7 nitrogen and oxygen atoms in total. The Hall–Kier alpha value is -2.55. The van der Waals surface area contributed by atoms with Gasteiger partial charge in [0.15, 0.2) is 0 Å². The summed E-state index contributed by atoms with van der Waals surface area (Å²) >= 11 is 0. The minimum atomic E-state index is -2.05. The van der Waals surface area contributed by atoms with E-state index < -0.39 is 21.0 Å². The Morgan fingerprint density at radius 3 is 2.69 bits per heavy atom. The molecule has 2 aromatic rings. The summed E-state index contributed by atoms with van der Waals surface area (Å²) in [7, 11) is -2.05. The quantitative estimate of drug-likeness (QED) is 0.795. The molecule has 1 amide bonds. The number of aromatic nitrogens is 1. The van der Waals surface area contributed by atoms with Gasteiger partial charge in [-0.25, -0.2) is 9.18 Å². The smallest absolute Gasteiger partial charge is 0.365 e. The Morgan fingerprint density at radius 2 is 2.08 bits per heavy atom. The lowest BCUT2D eigenvalue weighted by Gasteiger charge is -2.31. The first-order valence-electron chi connectivity index (χ1n) is 8.08. The maximum atomic E-state index is 14.6. The van der Waals surface area contributed by atoms with Gasteiger partial charge in [0, 0.05) is 31.5 Å². The molecule has 9 heteroatoms. The molecular weight excluding hydrogens is 361 g/mol. The first-order chi connectivity index (χ1) is 12.2. The van der Waals surface area contributed by atoms with Crippen LogP contribution in [0.2, 0.25) is 0 Å². The van der Waals surface area contributed by atoms with E-state index in [2.05, 4.69) is 11.2 Å². The Balaban J connectivity index is 1.82. The summed E-state index contributed by atoms with van der Waals surface area (Å²) < 4.78 is 32.7. The predicted octanol–water partition coefficient (Wildman–Crippen LogP) is 0.877. The van der Waals surface area contributed by atoms with Gasteiger partial charge < -0.3 is 14.7 Å². The number of nitrogens with one attached hydrogen (secondary N) is 1. The number of hydrogen-bond acceptors (Lipinski definition) is 5. The van der Waals surface area contributed by atoms with Crippen molar-refractivity contribution >= 4 is 27.0 Å². The molecule has 1 aromatic carbocycles. The van der Waals surface area contributed by atoms with E-state index in [1.807, 2.05) is 4.90 Å². The Bertz CT molecular complexity index is 980. The Labute approximate surface area is 150 Å². The third kappa shape index (κ3) is 3.98. The van der Waals surface area contributed by atoms with Gasteiger partial charge in [-0.2, -0.15) is 4.74 Å². The number of nitrogens with zero attached hydrogens (tertiary/aromatic N) is 2. The van der Waals surface area contributed by atoms with Crippen molar-refractivity contribution in [3.05, 3.63) is 40.6 Å². The van der Waals surface area contributed by atoms with Gasteiger partial charge in [0.1, 0.15) is 12.5 Å². The molecule has 1 aromatic heterocycles. The van der Waals surface area contributed by atoms with Crippen LogP contribution in [0.1, 0.15) is 6.92 Å². The van der Waals surface area contributed by atoms with Crippen LogP contribution in [0.25, 0.3) is 11.1 Å². The molecule has 1 N–H and O–H groups in total. The first kappa shape index (κ1) is 18.2. The van der Waals surface area contributed by atoms with Crippen LogP contribution < -0.4 is 15.8 Å². The molecule has 3 rings (SSSR count). The molecule has 0 unspecified atom stereocenters. The fourth-order valence-electron chi connectivity index (χ4n) is 2.78. The molecule has 2 heterocycles. The van der Waals surface area contributed by atoms with Crippen molar-refractivity contribution in [2.24, 2.45) is 0 Å². The molecule has 1 aliphatic heterocycles. The van der Waals surface area contributed by atoms with Gasteiger partial charge >= 0.3 is 5.63 Å². The summed E-state index contributed by atoms with van der Waals surface area (Å²) in [5.74, 6) is 3.85. The van der Waals surface area contributed by atoms with E-state index in [0.717, 1.165) is 0 Å². The molecule has 140 valence electrons. The lowest BCUT2D eigenvalue weighted by atomic mass is 10.1. The van der Waals surface area contributed by atoms with Crippen molar-refractivity contribution in [2.75, 3.05) is 29.5 Å². The topological polar surface area (TPSA) is 84.6 Å². The van der Waals surface area contributed by atoms with Gasteiger partial charge in [-0.05, 0) is 33.1 Å². The number of carbonyl (C=O) groups excluding carboxylic acids is 1. The number of amides is 1. The van der Waals surface area contributed by atoms with Crippen molar-refractivity contribution in [3.8, 4) is 11.1 Å². The standard InChI is InChI=1S/C17H20FN3O4S/c1-12(22)19-11-21-10-14(17(23)25-21)13-3-4-16(15(18)9-13)20-5-7-26(2,24)8-6-20/h3-4,9-10H,2,5-8,11H2,1H3,(H,19,22). The fraction of sp³-hybridized carbons (Fsp3) is 0.353. The van der Waals surface area contributed by atoms with Crippen molar-refractivity contribution in [2.45, 2.75) is 13.6 Å². The maximum absolute atomic E-state index is 14.6. The van der Waals surface area contributed by atoms with E-state index in [-0.39, 0.29) is 18.1 Å². The number of benzene rings is 1. The lowest BCUT2D eigenvalue weighted by Crippen LogP contribution is -2.40. The van der Waals surface area contributed by atoms with Crippen LogP contribution in [0.5, 0.6) is 0 Å². The van der Waals surface area contributed by atoms with Crippen molar-refractivity contribution in [1.82, 2.24) is 10.1 Å². The SMILES string of the molecule is C=S1(=O)CCN(c2ccc(-c3cn(CNC(C)=O)oc3=O)cc2F)CC1. The van der Waals surface area contributed by atoms with Gasteiger partial charge in [0.05, 0.1) is 17.4 Å². The number of rotatable bonds is 4. The zero-order valence-corrected chi connectivity index (χ0v) is 15.2. The second-order valence-electron chi connectivity index (χ2n) is 6.26. The van der Waals surface area contributed by atoms with E-state index in [1.54, 1.807) is 12.1 Å². The Morgan fingerprint density at radius 1 is 1.38 bits per heavy atom. The summed E-state index contributed by atoms with van der Waals surface area (Å²) in [6.07, 6.45) is 1.42. The van der Waals surface area contributed by atoms with E-state index in [0.29, 0.717) is 35.8 Å². The van der Waals surface area contributed by atoms with Crippen LogP contribution in [-0.2, 0) is 21.0 Å². The molecule has 0 atom stereocenters. The molecule has 1 fully saturated rings. The molecular formula is C17H20FN3O4S. The molecule has 0 spiro atoms. The normalized spacial score (nSPS) is 16.5. The zero-order chi connectivity index (χ0) is 18.9. The molecule has 0 bridgehead atoms. The highest BCUT2D eigenvalue weighted by molar-refractivity contribution is 8.00. The monoisotopic (exact) mass is 381 g/mol. The maximum Gasteiger partial charge on any atom is 0.365 e. The molecule has 0 radical (unpaired) electrons. The molecule has 0 aliphatic carbocycles. The van der Waals surface area contributed by atoms with Crippen LogP contribution >= 0.6 is 0 Å². The van der Waals surface area contributed by atoms with Gasteiger partial charge in [0.25, 0.3) is 0 Å². The first-order valence-corrected chi connectivity index (χ1v) is 10.1. The van der Waals surface area contributed by atoms with Crippen molar-refractivity contribution in [1.29, 1.82) is 0 Å². The number of anilines is 1. The second kappa shape index (κ2) is 6.99. The minimum absolute atomic E-state index is 0.0171. The third-order valence-corrected chi connectivity index (χ3v) is 6.10. The Kier molecular flexibility index (Phi) is 4.90. The summed E-state index contributed by atoms with van der Waals surface area (Å²) in [4.78, 5) is 24.7. The summed E-state index contributed by atoms with van der Waals surface area (Å²) in [6.45, 7) is 2.33. The fourth-order valence-corrected chi connectivity index (χ4v) is 4.09. The number of carbonyl (C=O) groups is 1. The summed E-state index contributed by atoms with van der Waals surface area (Å²) in [5.41, 5.74) is 0.391. The summed E-state index contributed by atoms with van der Waals surface area (Å²) in [5, 5.41) is 2.51. The third-order valence-electron chi connectivity index (χ3n) is 4.24. The number of hydrogen-bond donors (Lipinski definition) is 1. The molecule has 1 aliphatic rings. The van der Waals surface area contributed by atoms with Gasteiger partial charge in [-0.1, -0.05) is 6.07 Å². The van der Waals surface area contributed by atoms with E-state index in [9.17, 15) is 18.2 Å². The second-order valence-corrected chi connectivity index (χ2v) is 9.01. The number of halogens is 1. The van der Waals surface area contributed by atoms with Crippen molar-refractivity contribution < 1.29 is 17.9 Å². The predicted molar refractivity (Wildman–Crippen MR) is 99.4 cm³/mol. The average Bonchev–Trinajstić information content (AvgIpc) is 2.94. The van der Waals surface area contributed by atoms with Crippen molar-refractivity contribution in [3.63, 3.8) is 0 Å². The molecule has 0 saturated carbocycles. The lowest BCUT2D eigenvalue weighted by molar-refractivity contribution is -0.119. The van der Waals surface area contributed by atoms with Gasteiger partial charge in [-0.3, -0.25) is 9.00 Å². The van der Waals surface area contributed by atoms with Gasteiger partial charge in [0.2, 0.25) is 5.91 Å². The zero-order valence-electron chi connectivity index (χ0n) is 14.4. The molecule has 1 saturated heterocycles. The van der Waals surface area contributed by atoms with E-state index in [1.165, 1.54) is 23.9 Å². The van der Waals surface area contributed by atoms with E-state index >= 15 is 0 Å². The van der Waals surface area contributed by atoms with Gasteiger partial charge in [-0.15, -0.1) is 0 Å². The van der Waals surface area contributed by atoms with Crippen LogP contribution in [0, 0.1) is 5.82 Å². The average molecular weight is 381 g/mol. The largest absolute Gasteiger partial charge is 0.367 e. The van der Waals surface area contributed by atoms with Crippen LogP contribution in [0.4, 0.5) is 10.1 Å². The highest BCUT2D eigenvalue weighted by Gasteiger charge is 2.21. The van der Waals surface area contributed by atoms with E-state index in [4.69, 9.17) is 4.52 Å². The summed E-state index contributed by atoms with van der Waals surface area (Å²) in [6, 6.07) is 4.52. The minimum Gasteiger partial charge on any atom is -0.367 e.